The summed E-state index contributed by atoms with van der Waals surface area (Å²) in [7, 11) is 0. The lowest BCUT2D eigenvalue weighted by atomic mass is 10.1. The van der Waals surface area contributed by atoms with Gasteiger partial charge in [0, 0.05) is 31.0 Å². The van der Waals surface area contributed by atoms with Gasteiger partial charge in [-0.1, -0.05) is 23.8 Å². The van der Waals surface area contributed by atoms with E-state index in [0.717, 1.165) is 49.5 Å². The van der Waals surface area contributed by atoms with Gasteiger partial charge in [0.2, 0.25) is 5.91 Å². The van der Waals surface area contributed by atoms with Crippen LogP contribution >= 0.6 is 11.8 Å². The highest BCUT2D eigenvalue weighted by molar-refractivity contribution is 7.99. The van der Waals surface area contributed by atoms with Gasteiger partial charge in [-0.05, 0) is 56.1 Å². The van der Waals surface area contributed by atoms with Gasteiger partial charge in [0.25, 0.3) is 0 Å². The van der Waals surface area contributed by atoms with Crippen LogP contribution in [0.25, 0.3) is 6.08 Å². The van der Waals surface area contributed by atoms with Crippen molar-refractivity contribution in [3.05, 3.63) is 41.0 Å². The molecule has 1 amide bonds. The molecule has 2 aliphatic heterocycles. The molecule has 24 heavy (non-hydrogen) atoms. The molecule has 0 radical (unpaired) electrons. The molecule has 0 unspecified atom stereocenters. The second-order valence-electron chi connectivity index (χ2n) is 6.84. The van der Waals surface area contributed by atoms with Gasteiger partial charge in [-0.2, -0.15) is 11.8 Å². The first-order valence-corrected chi connectivity index (χ1v) is 10.0. The number of aryl methyl sites for hydroxylation is 2. The maximum absolute atomic E-state index is 12.8. The Morgan fingerprint density at radius 1 is 1.38 bits per heavy atom. The number of nitrogens with zero attached hydrogens (tertiary/aromatic N) is 1. The molecule has 0 N–H and O–H groups in total. The molecule has 0 bridgehead atoms. The van der Waals surface area contributed by atoms with Crippen molar-refractivity contribution in [2.24, 2.45) is 0 Å². The van der Waals surface area contributed by atoms with Crippen molar-refractivity contribution in [2.45, 2.75) is 45.3 Å². The van der Waals surface area contributed by atoms with Gasteiger partial charge < -0.3 is 9.64 Å². The molecule has 130 valence electrons. The van der Waals surface area contributed by atoms with Gasteiger partial charge in [-0.25, -0.2) is 0 Å². The van der Waals surface area contributed by atoms with Crippen LogP contribution in [0.5, 0.6) is 0 Å². The van der Waals surface area contributed by atoms with Crippen molar-refractivity contribution in [3.8, 4) is 0 Å². The maximum Gasteiger partial charge on any atom is 0.246 e. The summed E-state index contributed by atoms with van der Waals surface area (Å²) >= 11 is 1.95. The first kappa shape index (κ1) is 17.6. The lowest BCUT2D eigenvalue weighted by Gasteiger charge is -2.29. The van der Waals surface area contributed by atoms with Gasteiger partial charge in [-0.3, -0.25) is 4.79 Å². The van der Waals surface area contributed by atoms with Crippen LogP contribution in [-0.4, -0.2) is 47.6 Å². The van der Waals surface area contributed by atoms with Crippen LogP contribution in [0.1, 0.15) is 36.0 Å². The average Bonchev–Trinajstić information content (AvgIpc) is 3.25. The molecule has 0 spiro atoms. The standard InChI is InChI=1S/C20H27NO2S/c1-15-5-6-17(16(2)12-15)7-8-20(22)21(18-9-11-24-14-18)13-19-4-3-10-23-19/h5-8,12,18-19H,3-4,9-11,13-14H2,1-2H3/b8-7+/t18-,19-/m0/s1. The summed E-state index contributed by atoms with van der Waals surface area (Å²) in [4.78, 5) is 14.9. The Morgan fingerprint density at radius 2 is 2.25 bits per heavy atom. The number of carbonyl (C=O) groups excluding carboxylic acids is 1. The number of thioether (sulfide) groups is 1. The largest absolute Gasteiger partial charge is 0.376 e. The first-order chi connectivity index (χ1) is 11.6. The van der Waals surface area contributed by atoms with E-state index in [0.29, 0.717) is 6.04 Å². The molecule has 4 heteroatoms. The van der Waals surface area contributed by atoms with Crippen molar-refractivity contribution in [1.29, 1.82) is 0 Å². The third-order valence-corrected chi connectivity index (χ3v) is 6.03. The van der Waals surface area contributed by atoms with Gasteiger partial charge in [0.1, 0.15) is 0 Å². The zero-order chi connectivity index (χ0) is 16.9. The molecule has 2 aliphatic rings. The summed E-state index contributed by atoms with van der Waals surface area (Å²) in [5, 5.41) is 0. The molecule has 0 aromatic heterocycles. The summed E-state index contributed by atoms with van der Waals surface area (Å²) in [6.07, 6.45) is 7.21. The molecule has 1 aromatic carbocycles. The van der Waals surface area contributed by atoms with Gasteiger partial charge in [0.15, 0.2) is 0 Å². The SMILES string of the molecule is Cc1ccc(/C=C/C(=O)N(C[C@@H]2CCCO2)[C@H]2CCSC2)c(C)c1. The van der Waals surface area contributed by atoms with Crippen LogP contribution in [0.15, 0.2) is 24.3 Å². The minimum Gasteiger partial charge on any atom is -0.376 e. The number of hydrogen-bond donors (Lipinski definition) is 0. The summed E-state index contributed by atoms with van der Waals surface area (Å²) in [6.45, 7) is 5.76. The zero-order valence-corrected chi connectivity index (χ0v) is 15.5. The number of amides is 1. The Morgan fingerprint density at radius 3 is 2.92 bits per heavy atom. The van der Waals surface area contributed by atoms with Gasteiger partial charge in [0.05, 0.1) is 6.10 Å². The fraction of sp³-hybridized carbons (Fsp3) is 0.550. The van der Waals surface area contributed by atoms with Crippen molar-refractivity contribution < 1.29 is 9.53 Å². The van der Waals surface area contributed by atoms with E-state index < -0.39 is 0 Å². The summed E-state index contributed by atoms with van der Waals surface area (Å²) in [5.41, 5.74) is 3.58. The van der Waals surface area contributed by atoms with E-state index in [-0.39, 0.29) is 12.0 Å². The van der Waals surface area contributed by atoms with Crippen LogP contribution in [0.2, 0.25) is 0 Å². The van der Waals surface area contributed by atoms with E-state index in [9.17, 15) is 4.79 Å². The normalized spacial score (nSPS) is 23.9. The van der Waals surface area contributed by atoms with Crippen LogP contribution < -0.4 is 0 Å². The molecule has 0 aliphatic carbocycles. The highest BCUT2D eigenvalue weighted by Gasteiger charge is 2.29. The van der Waals surface area contributed by atoms with E-state index in [2.05, 4.69) is 36.9 Å². The highest BCUT2D eigenvalue weighted by atomic mass is 32.2. The predicted molar refractivity (Wildman–Crippen MR) is 101 cm³/mol. The van der Waals surface area contributed by atoms with E-state index in [1.807, 2.05) is 17.8 Å². The third kappa shape index (κ3) is 4.42. The van der Waals surface area contributed by atoms with Crippen molar-refractivity contribution >= 4 is 23.7 Å². The number of benzene rings is 1. The maximum atomic E-state index is 12.8. The quantitative estimate of drug-likeness (QED) is 0.760. The minimum atomic E-state index is 0.123. The van der Waals surface area contributed by atoms with Crippen LogP contribution in [-0.2, 0) is 9.53 Å². The number of hydrogen-bond acceptors (Lipinski definition) is 3. The average molecular weight is 346 g/mol. The highest BCUT2D eigenvalue weighted by Crippen LogP contribution is 2.25. The number of rotatable bonds is 5. The van der Waals surface area contributed by atoms with Crippen molar-refractivity contribution in [3.63, 3.8) is 0 Å². The molecule has 0 saturated carbocycles. The van der Waals surface area contributed by atoms with Crippen LogP contribution in [0.3, 0.4) is 0 Å². The third-order valence-electron chi connectivity index (χ3n) is 4.88. The molecule has 1 aromatic rings. The second kappa shape index (κ2) is 8.21. The molecule has 3 nitrogen and oxygen atoms in total. The zero-order valence-electron chi connectivity index (χ0n) is 14.7. The fourth-order valence-corrected chi connectivity index (χ4v) is 4.69. The molecule has 3 rings (SSSR count). The van der Waals surface area contributed by atoms with E-state index >= 15 is 0 Å². The lowest BCUT2D eigenvalue weighted by molar-refractivity contribution is -0.129. The second-order valence-corrected chi connectivity index (χ2v) is 7.99. The molecular formula is C20H27NO2S. The van der Waals surface area contributed by atoms with Gasteiger partial charge >= 0.3 is 0 Å². The topological polar surface area (TPSA) is 29.5 Å². The number of carbonyl (C=O) groups is 1. The Balaban J connectivity index is 1.70. The fourth-order valence-electron chi connectivity index (χ4n) is 3.46. The molecule has 2 atom stereocenters. The van der Waals surface area contributed by atoms with Crippen LogP contribution in [0, 0.1) is 13.8 Å². The predicted octanol–water partition coefficient (Wildman–Crippen LogP) is 3.83. The smallest absolute Gasteiger partial charge is 0.246 e. The van der Waals surface area contributed by atoms with Crippen LogP contribution in [0.4, 0.5) is 0 Å². The van der Waals surface area contributed by atoms with E-state index in [1.54, 1.807) is 6.08 Å². The summed E-state index contributed by atoms with van der Waals surface area (Å²) in [6, 6.07) is 6.69. The Kier molecular flexibility index (Phi) is 6.01. The molecule has 2 heterocycles. The number of ether oxygens (including phenoxy) is 1. The van der Waals surface area contributed by atoms with Crippen molar-refractivity contribution in [1.82, 2.24) is 4.90 Å². The molecular weight excluding hydrogens is 318 g/mol. The lowest BCUT2D eigenvalue weighted by Crippen LogP contribution is -2.44. The van der Waals surface area contributed by atoms with E-state index in [4.69, 9.17) is 4.74 Å². The molecule has 2 saturated heterocycles. The Hall–Kier alpha value is -1.26. The van der Waals surface area contributed by atoms with Gasteiger partial charge in [-0.15, -0.1) is 0 Å². The van der Waals surface area contributed by atoms with E-state index in [1.165, 1.54) is 11.1 Å². The first-order valence-electron chi connectivity index (χ1n) is 8.89. The summed E-state index contributed by atoms with van der Waals surface area (Å²) < 4.78 is 5.76. The monoisotopic (exact) mass is 345 g/mol. The van der Waals surface area contributed by atoms with Crippen molar-refractivity contribution in [2.75, 3.05) is 24.7 Å². The Bertz CT molecular complexity index is 602. The summed E-state index contributed by atoms with van der Waals surface area (Å²) in [5.74, 6) is 2.33. The minimum absolute atomic E-state index is 0.123. The Labute approximate surface area is 149 Å². The molecule has 2 fully saturated rings.